The first-order valence-corrected chi connectivity index (χ1v) is 6.23. The van der Waals surface area contributed by atoms with Crippen LogP contribution in [-0.4, -0.2) is 16.3 Å². The van der Waals surface area contributed by atoms with Crippen LogP contribution in [0.25, 0.3) is 11.1 Å². The molecule has 3 heteroatoms. The van der Waals surface area contributed by atoms with E-state index in [9.17, 15) is 0 Å². The quantitative estimate of drug-likeness (QED) is 0.852. The van der Waals surface area contributed by atoms with Crippen LogP contribution >= 0.6 is 0 Å². The fourth-order valence-electron chi connectivity index (χ4n) is 2.48. The summed E-state index contributed by atoms with van der Waals surface area (Å²) in [6, 6.07) is 6.57. The van der Waals surface area contributed by atoms with Gasteiger partial charge in [-0.1, -0.05) is 18.2 Å². The van der Waals surface area contributed by atoms with E-state index in [1.165, 1.54) is 22.3 Å². The first kappa shape index (κ1) is 10.5. The average Bonchev–Trinajstić information content (AvgIpc) is 2.87. The molecule has 0 radical (unpaired) electrons. The number of nitrogens with one attached hydrogen (secondary N) is 1. The lowest BCUT2D eigenvalue weighted by atomic mass is 9.93. The zero-order valence-electron chi connectivity index (χ0n) is 10.1. The molecular formula is C14H17N3. The second-order valence-electron chi connectivity index (χ2n) is 4.45. The van der Waals surface area contributed by atoms with E-state index in [2.05, 4.69) is 41.7 Å². The van der Waals surface area contributed by atoms with E-state index in [-0.39, 0.29) is 0 Å². The summed E-state index contributed by atoms with van der Waals surface area (Å²) in [5, 5.41) is 7.78. The van der Waals surface area contributed by atoms with Gasteiger partial charge in [0.15, 0.2) is 0 Å². The summed E-state index contributed by atoms with van der Waals surface area (Å²) < 4.78 is 1.98. The van der Waals surface area contributed by atoms with Gasteiger partial charge in [0.2, 0.25) is 0 Å². The number of nitrogens with zero attached hydrogens (tertiary/aromatic N) is 2. The number of fused-ring (bicyclic) bond motifs is 1. The highest BCUT2D eigenvalue weighted by Crippen LogP contribution is 2.27. The van der Waals surface area contributed by atoms with Crippen LogP contribution in [0, 0.1) is 0 Å². The highest BCUT2D eigenvalue weighted by atomic mass is 15.3. The second-order valence-corrected chi connectivity index (χ2v) is 4.45. The molecule has 0 unspecified atom stereocenters. The molecule has 1 aromatic carbocycles. The summed E-state index contributed by atoms with van der Waals surface area (Å²) >= 11 is 0. The van der Waals surface area contributed by atoms with Crippen molar-refractivity contribution >= 4 is 0 Å². The van der Waals surface area contributed by atoms with Gasteiger partial charge in [0, 0.05) is 24.8 Å². The van der Waals surface area contributed by atoms with Crippen LogP contribution in [0.15, 0.2) is 30.6 Å². The number of benzene rings is 1. The molecule has 0 aliphatic carbocycles. The van der Waals surface area contributed by atoms with Gasteiger partial charge in [-0.15, -0.1) is 0 Å². The number of rotatable bonds is 2. The first-order chi connectivity index (χ1) is 8.38. The van der Waals surface area contributed by atoms with Crippen LogP contribution in [0.2, 0.25) is 0 Å². The number of hydrogen-bond donors (Lipinski definition) is 1. The van der Waals surface area contributed by atoms with Crippen molar-refractivity contribution in [2.45, 2.75) is 26.4 Å². The Morgan fingerprint density at radius 3 is 3.18 bits per heavy atom. The lowest BCUT2D eigenvalue weighted by Gasteiger charge is -2.19. The lowest BCUT2D eigenvalue weighted by Crippen LogP contribution is -2.23. The van der Waals surface area contributed by atoms with Crippen LogP contribution in [0.3, 0.4) is 0 Å². The standard InChI is InChI=1S/C14H17N3/c1-2-17-10-12(9-16-17)13-5-3-4-11-8-15-7-6-14(11)13/h3-5,9-10,15H,2,6-8H2,1H3. The molecule has 2 aromatic rings. The van der Waals surface area contributed by atoms with E-state index in [0.29, 0.717) is 0 Å². The molecule has 0 bridgehead atoms. The smallest absolute Gasteiger partial charge is 0.0568 e. The fourth-order valence-corrected chi connectivity index (χ4v) is 2.48. The van der Waals surface area contributed by atoms with E-state index in [0.717, 1.165) is 26.1 Å². The maximum atomic E-state index is 4.36. The minimum absolute atomic E-state index is 0.927. The van der Waals surface area contributed by atoms with Crippen LogP contribution < -0.4 is 5.32 Å². The third-order valence-electron chi connectivity index (χ3n) is 3.41. The molecule has 1 aliphatic rings. The molecule has 0 saturated heterocycles. The molecule has 3 rings (SSSR count). The third kappa shape index (κ3) is 1.87. The minimum Gasteiger partial charge on any atom is -0.312 e. The molecule has 2 heterocycles. The van der Waals surface area contributed by atoms with E-state index in [1.807, 2.05) is 10.9 Å². The molecule has 1 aliphatic heterocycles. The zero-order valence-corrected chi connectivity index (χ0v) is 10.1. The zero-order chi connectivity index (χ0) is 11.7. The highest BCUT2D eigenvalue weighted by molar-refractivity contribution is 5.68. The second kappa shape index (κ2) is 4.34. The Labute approximate surface area is 101 Å². The van der Waals surface area contributed by atoms with Gasteiger partial charge in [-0.05, 0) is 36.6 Å². The van der Waals surface area contributed by atoms with E-state index in [1.54, 1.807) is 0 Å². The molecule has 0 amide bonds. The Morgan fingerprint density at radius 2 is 2.35 bits per heavy atom. The third-order valence-corrected chi connectivity index (χ3v) is 3.41. The SMILES string of the molecule is CCn1cc(-c2cccc3c2CCNC3)cn1. The molecule has 0 fully saturated rings. The molecule has 3 nitrogen and oxygen atoms in total. The predicted molar refractivity (Wildman–Crippen MR) is 68.7 cm³/mol. The van der Waals surface area contributed by atoms with Crippen LogP contribution in [0.5, 0.6) is 0 Å². The fraction of sp³-hybridized carbons (Fsp3) is 0.357. The van der Waals surface area contributed by atoms with Gasteiger partial charge in [-0.3, -0.25) is 4.68 Å². The molecule has 88 valence electrons. The van der Waals surface area contributed by atoms with Crippen molar-refractivity contribution in [2.75, 3.05) is 6.54 Å². The van der Waals surface area contributed by atoms with Gasteiger partial charge in [0.25, 0.3) is 0 Å². The van der Waals surface area contributed by atoms with Crippen molar-refractivity contribution in [2.24, 2.45) is 0 Å². The van der Waals surface area contributed by atoms with Gasteiger partial charge in [-0.25, -0.2) is 0 Å². The van der Waals surface area contributed by atoms with Crippen LogP contribution in [-0.2, 0) is 19.5 Å². The number of hydrogen-bond acceptors (Lipinski definition) is 2. The van der Waals surface area contributed by atoms with Crippen molar-refractivity contribution in [3.63, 3.8) is 0 Å². The average molecular weight is 227 g/mol. The summed E-state index contributed by atoms with van der Waals surface area (Å²) in [6.07, 6.45) is 5.22. The maximum Gasteiger partial charge on any atom is 0.0568 e. The molecule has 1 aromatic heterocycles. The maximum absolute atomic E-state index is 4.36. The molecule has 0 spiro atoms. The lowest BCUT2D eigenvalue weighted by molar-refractivity contribution is 0.644. The molecular weight excluding hydrogens is 210 g/mol. The van der Waals surface area contributed by atoms with E-state index < -0.39 is 0 Å². The molecule has 17 heavy (non-hydrogen) atoms. The van der Waals surface area contributed by atoms with Gasteiger partial charge in [0.05, 0.1) is 6.20 Å². The van der Waals surface area contributed by atoms with Gasteiger partial charge >= 0.3 is 0 Å². The highest BCUT2D eigenvalue weighted by Gasteiger charge is 2.14. The van der Waals surface area contributed by atoms with Gasteiger partial charge in [0.1, 0.15) is 0 Å². The summed E-state index contributed by atoms with van der Waals surface area (Å²) in [5.41, 5.74) is 5.51. The monoisotopic (exact) mass is 227 g/mol. The normalized spacial score (nSPS) is 14.6. The summed E-state index contributed by atoms with van der Waals surface area (Å²) in [4.78, 5) is 0. The van der Waals surface area contributed by atoms with E-state index >= 15 is 0 Å². The number of aryl methyl sites for hydroxylation is 1. The summed E-state index contributed by atoms with van der Waals surface area (Å²) in [6.45, 7) is 5.11. The summed E-state index contributed by atoms with van der Waals surface area (Å²) in [7, 11) is 0. The Hall–Kier alpha value is -1.61. The van der Waals surface area contributed by atoms with Crippen molar-refractivity contribution < 1.29 is 0 Å². The van der Waals surface area contributed by atoms with Crippen molar-refractivity contribution in [1.29, 1.82) is 0 Å². The minimum atomic E-state index is 0.927. The Morgan fingerprint density at radius 1 is 1.41 bits per heavy atom. The van der Waals surface area contributed by atoms with Gasteiger partial charge in [-0.2, -0.15) is 5.10 Å². The first-order valence-electron chi connectivity index (χ1n) is 6.23. The molecule has 1 N–H and O–H groups in total. The Kier molecular flexibility index (Phi) is 2.69. The molecule has 0 saturated carbocycles. The van der Waals surface area contributed by atoms with Crippen molar-refractivity contribution in [1.82, 2.24) is 15.1 Å². The van der Waals surface area contributed by atoms with Crippen molar-refractivity contribution in [3.8, 4) is 11.1 Å². The van der Waals surface area contributed by atoms with E-state index in [4.69, 9.17) is 0 Å². The topological polar surface area (TPSA) is 29.9 Å². The van der Waals surface area contributed by atoms with Crippen molar-refractivity contribution in [3.05, 3.63) is 41.7 Å². The van der Waals surface area contributed by atoms with Gasteiger partial charge < -0.3 is 5.32 Å². The Balaban J connectivity index is 2.07. The number of aromatic nitrogens is 2. The molecule has 0 atom stereocenters. The largest absolute Gasteiger partial charge is 0.312 e. The summed E-state index contributed by atoms with van der Waals surface area (Å²) in [5.74, 6) is 0. The van der Waals surface area contributed by atoms with Crippen LogP contribution in [0.1, 0.15) is 18.1 Å². The van der Waals surface area contributed by atoms with Crippen LogP contribution in [0.4, 0.5) is 0 Å². The Bertz CT molecular complexity index is 528. The predicted octanol–water partition coefficient (Wildman–Crippen LogP) is 2.22.